The lowest BCUT2D eigenvalue weighted by atomic mass is 10.1. The zero-order valence-electron chi connectivity index (χ0n) is 13.9. The van der Waals surface area contributed by atoms with Crippen molar-refractivity contribution >= 4 is 29.0 Å². The van der Waals surface area contributed by atoms with Gasteiger partial charge in [-0.15, -0.1) is 0 Å². The molecule has 0 unspecified atom stereocenters. The van der Waals surface area contributed by atoms with E-state index in [1.165, 1.54) is 14.2 Å². The van der Waals surface area contributed by atoms with Crippen LogP contribution in [-0.4, -0.2) is 39.5 Å². The number of carbonyl (C=O) groups excluding carboxylic acids is 2. The van der Waals surface area contributed by atoms with Gasteiger partial charge in [-0.25, -0.2) is 9.59 Å². The van der Waals surface area contributed by atoms with Crippen LogP contribution in [-0.2, 0) is 23.8 Å². The Morgan fingerprint density at radius 1 is 1.12 bits per heavy atom. The number of hydrogen-bond acceptors (Lipinski definition) is 7. The van der Waals surface area contributed by atoms with Crippen molar-refractivity contribution in [2.75, 3.05) is 32.5 Å². The summed E-state index contributed by atoms with van der Waals surface area (Å²) < 4.78 is 15.1. The number of esters is 2. The average molecular weight is 359 g/mol. The number of rotatable bonds is 4. The fourth-order valence-corrected chi connectivity index (χ4v) is 3.29. The third-order valence-electron chi connectivity index (χ3n) is 3.85. The first kappa shape index (κ1) is 17.2. The first-order chi connectivity index (χ1) is 12.2. The average Bonchev–Trinajstić information content (AvgIpc) is 3.21. The van der Waals surface area contributed by atoms with E-state index in [-0.39, 0.29) is 24.6 Å². The minimum absolute atomic E-state index is 0.00215. The lowest BCUT2D eigenvalue weighted by Crippen LogP contribution is -2.38. The molecule has 2 heterocycles. The fourth-order valence-electron chi connectivity index (χ4n) is 2.63. The zero-order chi connectivity index (χ0) is 17.8. The summed E-state index contributed by atoms with van der Waals surface area (Å²) in [4.78, 5) is 26.0. The molecule has 130 valence electrons. The molecule has 0 atom stereocenters. The second-order valence-electron chi connectivity index (χ2n) is 5.28. The molecule has 7 heteroatoms. The zero-order valence-corrected chi connectivity index (χ0v) is 14.7. The van der Waals surface area contributed by atoms with Gasteiger partial charge in [0.25, 0.3) is 0 Å². The number of carbonyl (C=O) groups is 2. The van der Waals surface area contributed by atoms with Crippen molar-refractivity contribution in [3.8, 4) is 11.1 Å². The van der Waals surface area contributed by atoms with Gasteiger partial charge in [0.05, 0.1) is 26.4 Å². The number of methoxy groups -OCH3 is 2. The molecule has 0 saturated heterocycles. The van der Waals surface area contributed by atoms with Crippen molar-refractivity contribution in [2.45, 2.75) is 0 Å². The van der Waals surface area contributed by atoms with E-state index in [0.29, 0.717) is 0 Å². The molecule has 0 amide bonds. The monoisotopic (exact) mass is 359 g/mol. The van der Waals surface area contributed by atoms with Crippen LogP contribution >= 0.6 is 11.3 Å². The highest BCUT2D eigenvalue weighted by Crippen LogP contribution is 2.31. The van der Waals surface area contributed by atoms with Crippen LogP contribution in [0.5, 0.6) is 0 Å². The molecule has 0 radical (unpaired) electrons. The van der Waals surface area contributed by atoms with Crippen LogP contribution in [0.4, 0.5) is 5.69 Å². The molecular formula is C18H17NO5S. The van der Waals surface area contributed by atoms with Gasteiger partial charge in [-0.1, -0.05) is 12.1 Å². The summed E-state index contributed by atoms with van der Waals surface area (Å²) in [5, 5.41) is 4.05. The molecule has 2 aromatic rings. The van der Waals surface area contributed by atoms with E-state index >= 15 is 0 Å². The molecule has 3 rings (SSSR count). The highest BCUT2D eigenvalue weighted by molar-refractivity contribution is 7.08. The predicted molar refractivity (Wildman–Crippen MR) is 94.1 cm³/mol. The van der Waals surface area contributed by atoms with Gasteiger partial charge in [0.15, 0.2) is 0 Å². The third-order valence-corrected chi connectivity index (χ3v) is 4.53. The lowest BCUT2D eigenvalue weighted by Gasteiger charge is -2.31. The van der Waals surface area contributed by atoms with E-state index in [9.17, 15) is 9.59 Å². The molecule has 0 N–H and O–H groups in total. The Balaban J connectivity index is 2.07. The Bertz CT molecular complexity index is 813. The smallest absolute Gasteiger partial charge is 0.355 e. The molecule has 0 aliphatic carbocycles. The van der Waals surface area contributed by atoms with Crippen LogP contribution in [0.1, 0.15) is 0 Å². The van der Waals surface area contributed by atoms with Crippen LogP contribution in [0.25, 0.3) is 11.1 Å². The van der Waals surface area contributed by atoms with Crippen LogP contribution in [0.3, 0.4) is 0 Å². The summed E-state index contributed by atoms with van der Waals surface area (Å²) in [6.45, 7) is 0.135. The lowest BCUT2D eigenvalue weighted by molar-refractivity contribution is -0.140. The van der Waals surface area contributed by atoms with Gasteiger partial charge in [0.2, 0.25) is 0 Å². The normalized spacial score (nSPS) is 14.4. The molecule has 1 aromatic heterocycles. The summed E-state index contributed by atoms with van der Waals surface area (Å²) in [7, 11) is 2.54. The molecule has 1 aliphatic heterocycles. The van der Waals surface area contributed by atoms with Crippen LogP contribution in [0, 0.1) is 0 Å². The van der Waals surface area contributed by atoms with E-state index in [1.54, 1.807) is 16.2 Å². The quantitative estimate of drug-likeness (QED) is 0.782. The minimum atomic E-state index is -0.612. The Labute approximate surface area is 149 Å². The summed E-state index contributed by atoms with van der Waals surface area (Å²) in [5.41, 5.74) is 3.10. The number of ether oxygens (including phenoxy) is 3. The van der Waals surface area contributed by atoms with Gasteiger partial charge in [0, 0.05) is 5.69 Å². The van der Waals surface area contributed by atoms with E-state index in [1.807, 2.05) is 41.1 Å². The maximum atomic E-state index is 12.3. The first-order valence-electron chi connectivity index (χ1n) is 7.53. The van der Waals surface area contributed by atoms with Gasteiger partial charge in [-0.05, 0) is 40.1 Å². The van der Waals surface area contributed by atoms with Crippen molar-refractivity contribution in [3.63, 3.8) is 0 Å². The molecule has 0 spiro atoms. The van der Waals surface area contributed by atoms with Crippen molar-refractivity contribution in [1.82, 2.24) is 0 Å². The standard InChI is InChI=1S/C18H17NO5S/c1-22-17(20)15-9-24-11-19(16(15)18(21)23-2)14-5-3-4-12(8-14)13-6-7-25-10-13/h3-8,10H,9,11H2,1-2H3. The van der Waals surface area contributed by atoms with Crippen LogP contribution in [0.2, 0.25) is 0 Å². The molecule has 0 bridgehead atoms. The van der Waals surface area contributed by atoms with E-state index in [4.69, 9.17) is 14.2 Å². The maximum Gasteiger partial charge on any atom is 0.355 e. The molecule has 1 aromatic carbocycles. The molecular weight excluding hydrogens is 342 g/mol. The van der Waals surface area contributed by atoms with Gasteiger partial charge in [0.1, 0.15) is 12.4 Å². The highest BCUT2D eigenvalue weighted by Gasteiger charge is 2.32. The van der Waals surface area contributed by atoms with Gasteiger partial charge < -0.3 is 19.1 Å². The Hall–Kier alpha value is -2.64. The number of anilines is 1. The van der Waals surface area contributed by atoms with E-state index in [0.717, 1.165) is 16.8 Å². The molecule has 0 fully saturated rings. The summed E-state index contributed by atoms with van der Waals surface area (Å²) in [5.74, 6) is -1.22. The van der Waals surface area contributed by atoms with Crippen LogP contribution in [0.15, 0.2) is 52.4 Å². The van der Waals surface area contributed by atoms with Gasteiger partial charge in [-0.2, -0.15) is 11.3 Å². The molecule has 6 nitrogen and oxygen atoms in total. The summed E-state index contributed by atoms with van der Waals surface area (Å²) in [6, 6.07) is 9.69. The van der Waals surface area contributed by atoms with Gasteiger partial charge in [-0.3, -0.25) is 0 Å². The number of thiophene rings is 1. The van der Waals surface area contributed by atoms with E-state index < -0.39 is 11.9 Å². The summed E-state index contributed by atoms with van der Waals surface area (Å²) in [6.07, 6.45) is 0. The third kappa shape index (κ3) is 3.42. The Morgan fingerprint density at radius 3 is 2.60 bits per heavy atom. The van der Waals surface area contributed by atoms with E-state index in [2.05, 4.69) is 0 Å². The van der Waals surface area contributed by atoms with Crippen LogP contribution < -0.4 is 4.90 Å². The van der Waals surface area contributed by atoms with Crippen molar-refractivity contribution in [2.24, 2.45) is 0 Å². The Morgan fingerprint density at radius 2 is 1.92 bits per heavy atom. The molecule has 1 aliphatic rings. The van der Waals surface area contributed by atoms with Crippen molar-refractivity contribution in [1.29, 1.82) is 0 Å². The number of hydrogen-bond donors (Lipinski definition) is 0. The number of benzene rings is 1. The SMILES string of the molecule is COC(=O)C1=C(C(=O)OC)N(c2cccc(-c3ccsc3)c2)COC1. The minimum Gasteiger partial charge on any atom is -0.466 e. The largest absolute Gasteiger partial charge is 0.466 e. The fraction of sp³-hybridized carbons (Fsp3) is 0.222. The highest BCUT2D eigenvalue weighted by atomic mass is 32.1. The molecule has 0 saturated carbocycles. The van der Waals surface area contributed by atoms with Crippen molar-refractivity contribution in [3.05, 3.63) is 52.4 Å². The second kappa shape index (κ2) is 7.50. The summed E-state index contributed by atoms with van der Waals surface area (Å²) >= 11 is 1.61. The number of nitrogens with zero attached hydrogens (tertiary/aromatic N) is 1. The first-order valence-corrected chi connectivity index (χ1v) is 8.47. The Kier molecular flexibility index (Phi) is 5.16. The van der Waals surface area contributed by atoms with Crippen molar-refractivity contribution < 1.29 is 23.8 Å². The second-order valence-corrected chi connectivity index (χ2v) is 6.06. The topological polar surface area (TPSA) is 65.1 Å². The molecule has 25 heavy (non-hydrogen) atoms. The maximum absolute atomic E-state index is 12.3. The predicted octanol–water partition coefficient (Wildman–Crippen LogP) is 2.81. The van der Waals surface area contributed by atoms with Gasteiger partial charge >= 0.3 is 11.9 Å².